The van der Waals surface area contributed by atoms with E-state index in [2.05, 4.69) is 4.72 Å². The smallest absolute Gasteiger partial charge is 0.279 e. The average Bonchev–Trinajstić information content (AvgIpc) is 2.22. The molecule has 0 bridgehead atoms. The number of nitrogens with zero attached hydrogens (tertiary/aromatic N) is 1. The van der Waals surface area contributed by atoms with E-state index in [0.29, 0.717) is 31.3 Å². The van der Waals surface area contributed by atoms with E-state index in [1.807, 2.05) is 27.7 Å². The van der Waals surface area contributed by atoms with Crippen molar-refractivity contribution in [3.8, 4) is 0 Å². The minimum absolute atomic E-state index is 0.0396. The van der Waals surface area contributed by atoms with Gasteiger partial charge in [0.15, 0.2) is 0 Å². The second-order valence-corrected chi connectivity index (χ2v) is 7.13. The summed E-state index contributed by atoms with van der Waals surface area (Å²) in [5, 5.41) is 0. The van der Waals surface area contributed by atoms with E-state index < -0.39 is 10.2 Å². The molecule has 6 heteroatoms. The normalized spacial score (nSPS) is 14.9. The Balaban J connectivity index is 4.16. The van der Waals surface area contributed by atoms with Crippen LogP contribution in [0.5, 0.6) is 0 Å². The zero-order valence-corrected chi connectivity index (χ0v) is 12.4. The molecule has 0 saturated heterocycles. The van der Waals surface area contributed by atoms with Crippen LogP contribution >= 0.6 is 0 Å². The maximum Gasteiger partial charge on any atom is 0.279 e. The van der Waals surface area contributed by atoms with Crippen molar-refractivity contribution in [1.29, 1.82) is 0 Å². The predicted molar refractivity (Wildman–Crippen MR) is 71.8 cm³/mol. The molecule has 1 unspecified atom stereocenters. The molecule has 104 valence electrons. The van der Waals surface area contributed by atoms with Crippen molar-refractivity contribution in [2.45, 2.75) is 40.2 Å². The summed E-state index contributed by atoms with van der Waals surface area (Å²) in [4.78, 5) is 0. The summed E-state index contributed by atoms with van der Waals surface area (Å²) in [7, 11) is -1.77. The van der Waals surface area contributed by atoms with Crippen LogP contribution in [0.3, 0.4) is 0 Å². The lowest BCUT2D eigenvalue weighted by Crippen LogP contribution is -2.42. The molecule has 0 aliphatic carbocycles. The van der Waals surface area contributed by atoms with E-state index in [0.717, 1.165) is 0 Å². The molecular formula is C11H27N3O2S. The van der Waals surface area contributed by atoms with Gasteiger partial charge in [-0.05, 0) is 18.3 Å². The Kier molecular flexibility index (Phi) is 7.23. The number of nitrogens with two attached hydrogens (primary N) is 1. The zero-order valence-electron chi connectivity index (χ0n) is 11.6. The van der Waals surface area contributed by atoms with Gasteiger partial charge in [-0.1, -0.05) is 27.7 Å². The lowest BCUT2D eigenvalue weighted by atomic mass is 10.0. The Labute approximate surface area is 106 Å². The minimum Gasteiger partial charge on any atom is -0.327 e. The van der Waals surface area contributed by atoms with E-state index in [-0.39, 0.29) is 6.04 Å². The predicted octanol–water partition coefficient (Wildman–Crippen LogP) is 0.782. The highest BCUT2D eigenvalue weighted by atomic mass is 32.2. The van der Waals surface area contributed by atoms with Crippen molar-refractivity contribution in [3.05, 3.63) is 0 Å². The van der Waals surface area contributed by atoms with E-state index in [1.54, 1.807) is 7.05 Å². The van der Waals surface area contributed by atoms with Crippen molar-refractivity contribution >= 4 is 10.2 Å². The highest BCUT2D eigenvalue weighted by molar-refractivity contribution is 7.87. The van der Waals surface area contributed by atoms with Gasteiger partial charge in [-0.2, -0.15) is 12.7 Å². The second kappa shape index (κ2) is 7.31. The number of rotatable bonds is 8. The SMILES string of the molecule is CC(C)CNS(=O)(=O)N(C)CCC(N)C(C)C. The summed E-state index contributed by atoms with van der Waals surface area (Å²) >= 11 is 0. The molecular weight excluding hydrogens is 238 g/mol. The molecule has 0 radical (unpaired) electrons. The van der Waals surface area contributed by atoms with Crippen LogP contribution in [0.2, 0.25) is 0 Å². The van der Waals surface area contributed by atoms with E-state index in [4.69, 9.17) is 5.73 Å². The van der Waals surface area contributed by atoms with Gasteiger partial charge in [0.2, 0.25) is 0 Å². The summed E-state index contributed by atoms with van der Waals surface area (Å²) in [6.45, 7) is 8.93. The molecule has 0 rings (SSSR count). The average molecular weight is 265 g/mol. The third-order valence-corrected chi connectivity index (χ3v) is 4.25. The molecule has 17 heavy (non-hydrogen) atoms. The van der Waals surface area contributed by atoms with E-state index in [1.165, 1.54) is 4.31 Å². The van der Waals surface area contributed by atoms with Gasteiger partial charge in [-0.15, -0.1) is 0 Å². The van der Waals surface area contributed by atoms with Crippen molar-refractivity contribution in [3.63, 3.8) is 0 Å². The molecule has 0 aromatic heterocycles. The number of nitrogens with one attached hydrogen (secondary N) is 1. The zero-order chi connectivity index (χ0) is 13.6. The molecule has 0 saturated carbocycles. The maximum absolute atomic E-state index is 11.8. The standard InChI is InChI=1S/C11H27N3O2S/c1-9(2)8-13-17(15,16)14(5)7-6-11(12)10(3)4/h9-11,13H,6-8,12H2,1-5H3. The third-order valence-electron chi connectivity index (χ3n) is 2.72. The first-order valence-corrected chi connectivity index (χ1v) is 7.57. The minimum atomic E-state index is -3.35. The first kappa shape index (κ1) is 16.8. The van der Waals surface area contributed by atoms with Crippen LogP contribution in [0, 0.1) is 11.8 Å². The van der Waals surface area contributed by atoms with Crippen LogP contribution in [0.4, 0.5) is 0 Å². The number of hydrogen-bond donors (Lipinski definition) is 2. The fraction of sp³-hybridized carbons (Fsp3) is 1.00. The van der Waals surface area contributed by atoms with Crippen molar-refractivity contribution < 1.29 is 8.42 Å². The lowest BCUT2D eigenvalue weighted by Gasteiger charge is -2.21. The molecule has 1 atom stereocenters. The van der Waals surface area contributed by atoms with Gasteiger partial charge in [0.1, 0.15) is 0 Å². The van der Waals surface area contributed by atoms with Crippen molar-refractivity contribution in [1.82, 2.24) is 9.03 Å². The van der Waals surface area contributed by atoms with Crippen LogP contribution in [-0.4, -0.2) is 38.9 Å². The molecule has 0 amide bonds. The van der Waals surface area contributed by atoms with Gasteiger partial charge >= 0.3 is 0 Å². The molecule has 0 aliphatic heterocycles. The Morgan fingerprint density at radius 2 is 1.76 bits per heavy atom. The summed E-state index contributed by atoms with van der Waals surface area (Å²) in [5.74, 6) is 0.672. The van der Waals surface area contributed by atoms with Crippen LogP contribution in [0.1, 0.15) is 34.1 Å². The molecule has 0 heterocycles. The Morgan fingerprint density at radius 3 is 2.18 bits per heavy atom. The van der Waals surface area contributed by atoms with Crippen molar-refractivity contribution in [2.24, 2.45) is 17.6 Å². The second-order valence-electron chi connectivity index (χ2n) is 5.27. The Hall–Kier alpha value is -0.170. The topological polar surface area (TPSA) is 75.4 Å². The molecule has 0 fully saturated rings. The molecule has 0 spiro atoms. The van der Waals surface area contributed by atoms with Gasteiger partial charge in [-0.3, -0.25) is 0 Å². The highest BCUT2D eigenvalue weighted by Crippen LogP contribution is 2.05. The fourth-order valence-corrected chi connectivity index (χ4v) is 2.28. The quantitative estimate of drug-likeness (QED) is 0.681. The summed E-state index contributed by atoms with van der Waals surface area (Å²) in [6.07, 6.45) is 0.677. The number of hydrogen-bond acceptors (Lipinski definition) is 3. The Bertz CT molecular complexity index is 302. The first-order chi connectivity index (χ1) is 7.66. The summed E-state index contributed by atoms with van der Waals surface area (Å²) in [6, 6.07) is 0.0396. The van der Waals surface area contributed by atoms with Gasteiger partial charge in [0.25, 0.3) is 10.2 Å². The van der Waals surface area contributed by atoms with Gasteiger partial charge < -0.3 is 5.73 Å². The van der Waals surface area contributed by atoms with Crippen LogP contribution in [0.25, 0.3) is 0 Å². The van der Waals surface area contributed by atoms with Crippen LogP contribution in [0.15, 0.2) is 0 Å². The monoisotopic (exact) mass is 265 g/mol. The van der Waals surface area contributed by atoms with E-state index >= 15 is 0 Å². The third kappa shape index (κ3) is 6.98. The van der Waals surface area contributed by atoms with Gasteiger partial charge in [-0.25, -0.2) is 4.72 Å². The first-order valence-electron chi connectivity index (χ1n) is 6.13. The van der Waals surface area contributed by atoms with Crippen LogP contribution in [-0.2, 0) is 10.2 Å². The molecule has 3 N–H and O–H groups in total. The fourth-order valence-electron chi connectivity index (χ4n) is 1.17. The molecule has 0 aromatic carbocycles. The van der Waals surface area contributed by atoms with E-state index in [9.17, 15) is 8.42 Å². The summed E-state index contributed by atoms with van der Waals surface area (Å²) < 4.78 is 27.5. The maximum atomic E-state index is 11.8. The van der Waals surface area contributed by atoms with Gasteiger partial charge in [0.05, 0.1) is 0 Å². The summed E-state index contributed by atoms with van der Waals surface area (Å²) in [5.41, 5.74) is 5.89. The highest BCUT2D eigenvalue weighted by Gasteiger charge is 2.18. The molecule has 0 aromatic rings. The van der Waals surface area contributed by atoms with Gasteiger partial charge in [0, 0.05) is 26.2 Å². The largest absolute Gasteiger partial charge is 0.327 e. The van der Waals surface area contributed by atoms with Crippen LogP contribution < -0.4 is 10.5 Å². The molecule has 0 aliphatic rings. The van der Waals surface area contributed by atoms with Crippen molar-refractivity contribution in [2.75, 3.05) is 20.1 Å². The lowest BCUT2D eigenvalue weighted by molar-refractivity contribution is 0.392. The molecule has 5 nitrogen and oxygen atoms in total. The Morgan fingerprint density at radius 1 is 1.24 bits per heavy atom.